The number of aromatic nitrogens is 3. The lowest BCUT2D eigenvalue weighted by atomic mass is 10.3. The van der Waals surface area contributed by atoms with Gasteiger partial charge in [0.1, 0.15) is 5.82 Å². The second-order valence-electron chi connectivity index (χ2n) is 3.30. The van der Waals surface area contributed by atoms with Gasteiger partial charge in [-0.05, 0) is 24.6 Å². The zero-order valence-corrected chi connectivity index (χ0v) is 8.70. The second kappa shape index (κ2) is 4.01. The van der Waals surface area contributed by atoms with Crippen molar-refractivity contribution in [2.75, 3.05) is 0 Å². The minimum atomic E-state index is -0.0479. The summed E-state index contributed by atoms with van der Waals surface area (Å²) in [5.74, 6) is 0.994. The summed E-state index contributed by atoms with van der Waals surface area (Å²) in [5.41, 5.74) is 6.58. The summed E-state index contributed by atoms with van der Waals surface area (Å²) in [5, 5.41) is 11.5. The molecule has 6 heteroatoms. The highest BCUT2D eigenvalue weighted by Crippen LogP contribution is 2.09. The van der Waals surface area contributed by atoms with Gasteiger partial charge in [-0.1, -0.05) is 5.16 Å². The van der Waals surface area contributed by atoms with Crippen LogP contribution in [0.25, 0.3) is 5.82 Å². The number of pyridine rings is 1. The SMILES string of the molecule is Cc1ccnc(-n2ccnc2C(N)=NO)c1. The molecular formula is C10H11N5O. The monoisotopic (exact) mass is 217 g/mol. The van der Waals surface area contributed by atoms with E-state index in [0.29, 0.717) is 11.6 Å². The standard InChI is InChI=1S/C10H11N5O/c1-7-2-3-12-8(6-7)15-5-4-13-10(15)9(11)14-16/h2-6,16H,1H3,(H2,11,14). The number of hydrogen-bond donors (Lipinski definition) is 2. The summed E-state index contributed by atoms with van der Waals surface area (Å²) in [4.78, 5) is 8.19. The number of rotatable bonds is 2. The van der Waals surface area contributed by atoms with Gasteiger partial charge in [0.2, 0.25) is 5.84 Å². The van der Waals surface area contributed by atoms with Crippen LogP contribution in [0.5, 0.6) is 0 Å². The fraction of sp³-hybridized carbons (Fsp3) is 0.100. The van der Waals surface area contributed by atoms with Crippen LogP contribution in [0.4, 0.5) is 0 Å². The van der Waals surface area contributed by atoms with Gasteiger partial charge in [0, 0.05) is 18.6 Å². The van der Waals surface area contributed by atoms with Gasteiger partial charge in [-0.3, -0.25) is 4.57 Å². The van der Waals surface area contributed by atoms with Crippen molar-refractivity contribution in [1.29, 1.82) is 0 Å². The average molecular weight is 217 g/mol. The topological polar surface area (TPSA) is 89.3 Å². The third-order valence-electron chi connectivity index (χ3n) is 2.13. The van der Waals surface area contributed by atoms with Crippen LogP contribution in [0.3, 0.4) is 0 Å². The molecule has 2 aromatic heterocycles. The molecule has 82 valence electrons. The molecule has 0 atom stereocenters. The zero-order chi connectivity index (χ0) is 11.5. The molecule has 0 fully saturated rings. The molecule has 0 saturated heterocycles. The van der Waals surface area contributed by atoms with Crippen molar-refractivity contribution in [3.05, 3.63) is 42.1 Å². The Hall–Kier alpha value is -2.37. The average Bonchev–Trinajstić information content (AvgIpc) is 2.77. The summed E-state index contributed by atoms with van der Waals surface area (Å²) in [6, 6.07) is 3.78. The van der Waals surface area contributed by atoms with Gasteiger partial charge in [0.05, 0.1) is 0 Å². The molecule has 16 heavy (non-hydrogen) atoms. The number of oxime groups is 1. The Bertz CT molecular complexity index is 532. The molecule has 0 unspecified atom stereocenters. The molecule has 6 nitrogen and oxygen atoms in total. The van der Waals surface area contributed by atoms with Crippen LogP contribution in [-0.4, -0.2) is 25.6 Å². The van der Waals surface area contributed by atoms with Crippen LogP contribution < -0.4 is 5.73 Å². The first-order chi connectivity index (χ1) is 7.72. The molecule has 0 saturated carbocycles. The highest BCUT2D eigenvalue weighted by atomic mass is 16.4. The van der Waals surface area contributed by atoms with Crippen molar-refractivity contribution in [2.24, 2.45) is 10.9 Å². The van der Waals surface area contributed by atoms with E-state index in [9.17, 15) is 0 Å². The number of aryl methyl sites for hydroxylation is 1. The highest BCUT2D eigenvalue weighted by Gasteiger charge is 2.09. The number of hydrogen-bond acceptors (Lipinski definition) is 4. The molecule has 0 aliphatic heterocycles. The lowest BCUT2D eigenvalue weighted by molar-refractivity contribution is 0.318. The molecule has 0 aromatic carbocycles. The molecule has 0 radical (unpaired) electrons. The van der Waals surface area contributed by atoms with E-state index in [4.69, 9.17) is 10.9 Å². The molecule has 0 spiro atoms. The maximum Gasteiger partial charge on any atom is 0.206 e. The van der Waals surface area contributed by atoms with Gasteiger partial charge < -0.3 is 10.9 Å². The fourth-order valence-electron chi connectivity index (χ4n) is 1.37. The van der Waals surface area contributed by atoms with E-state index in [-0.39, 0.29) is 5.84 Å². The molecule has 0 bridgehead atoms. The molecule has 2 rings (SSSR count). The Morgan fingerprint density at radius 2 is 2.25 bits per heavy atom. The first-order valence-electron chi connectivity index (χ1n) is 4.66. The van der Waals surface area contributed by atoms with Crippen LogP contribution >= 0.6 is 0 Å². The van der Waals surface area contributed by atoms with E-state index in [0.717, 1.165) is 5.56 Å². The van der Waals surface area contributed by atoms with Crippen molar-refractivity contribution in [3.8, 4) is 5.82 Å². The minimum absolute atomic E-state index is 0.0479. The Kier molecular flexibility index (Phi) is 2.55. The summed E-state index contributed by atoms with van der Waals surface area (Å²) >= 11 is 0. The van der Waals surface area contributed by atoms with Crippen LogP contribution in [0, 0.1) is 6.92 Å². The van der Waals surface area contributed by atoms with Gasteiger partial charge in [-0.25, -0.2) is 9.97 Å². The Balaban J connectivity index is 2.53. The normalized spacial score (nSPS) is 11.7. The van der Waals surface area contributed by atoms with Gasteiger partial charge in [-0.2, -0.15) is 0 Å². The molecule has 2 heterocycles. The molecular weight excluding hydrogens is 206 g/mol. The summed E-state index contributed by atoms with van der Waals surface area (Å²) in [6.45, 7) is 1.96. The quantitative estimate of drug-likeness (QED) is 0.335. The first-order valence-corrected chi connectivity index (χ1v) is 4.66. The first kappa shape index (κ1) is 10.2. The lowest BCUT2D eigenvalue weighted by Gasteiger charge is -2.05. The maximum atomic E-state index is 8.62. The Morgan fingerprint density at radius 1 is 1.44 bits per heavy atom. The predicted molar refractivity (Wildman–Crippen MR) is 58.6 cm³/mol. The summed E-state index contributed by atoms with van der Waals surface area (Å²) < 4.78 is 1.65. The Morgan fingerprint density at radius 3 is 2.94 bits per heavy atom. The minimum Gasteiger partial charge on any atom is -0.409 e. The molecule has 0 aliphatic rings. The number of nitrogens with zero attached hydrogens (tertiary/aromatic N) is 4. The van der Waals surface area contributed by atoms with Crippen molar-refractivity contribution >= 4 is 5.84 Å². The van der Waals surface area contributed by atoms with Crippen LogP contribution in [-0.2, 0) is 0 Å². The third-order valence-corrected chi connectivity index (χ3v) is 2.13. The van der Waals surface area contributed by atoms with E-state index in [1.165, 1.54) is 0 Å². The molecule has 2 aromatic rings. The second-order valence-corrected chi connectivity index (χ2v) is 3.30. The number of amidine groups is 1. The van der Waals surface area contributed by atoms with Crippen LogP contribution in [0.15, 0.2) is 35.9 Å². The fourth-order valence-corrected chi connectivity index (χ4v) is 1.37. The van der Waals surface area contributed by atoms with Crippen molar-refractivity contribution in [1.82, 2.24) is 14.5 Å². The van der Waals surface area contributed by atoms with Crippen LogP contribution in [0.1, 0.15) is 11.4 Å². The van der Waals surface area contributed by atoms with Gasteiger partial charge in [0.15, 0.2) is 5.82 Å². The maximum absolute atomic E-state index is 8.62. The smallest absolute Gasteiger partial charge is 0.206 e. The zero-order valence-electron chi connectivity index (χ0n) is 8.70. The van der Waals surface area contributed by atoms with Crippen LogP contribution in [0.2, 0.25) is 0 Å². The van der Waals surface area contributed by atoms with E-state index in [1.54, 1.807) is 23.2 Å². The summed E-state index contributed by atoms with van der Waals surface area (Å²) in [7, 11) is 0. The molecule has 0 aliphatic carbocycles. The number of imidazole rings is 1. The molecule has 0 amide bonds. The van der Waals surface area contributed by atoms with E-state index < -0.39 is 0 Å². The van der Waals surface area contributed by atoms with E-state index in [2.05, 4.69) is 15.1 Å². The van der Waals surface area contributed by atoms with Gasteiger partial charge >= 0.3 is 0 Å². The van der Waals surface area contributed by atoms with Crippen molar-refractivity contribution in [3.63, 3.8) is 0 Å². The summed E-state index contributed by atoms with van der Waals surface area (Å²) in [6.07, 6.45) is 4.97. The predicted octanol–water partition coefficient (Wildman–Crippen LogP) is 0.670. The highest BCUT2D eigenvalue weighted by molar-refractivity contribution is 5.94. The van der Waals surface area contributed by atoms with Crippen molar-refractivity contribution in [2.45, 2.75) is 6.92 Å². The Labute approximate surface area is 92.1 Å². The van der Waals surface area contributed by atoms with E-state index in [1.807, 2.05) is 19.1 Å². The third kappa shape index (κ3) is 1.72. The lowest BCUT2D eigenvalue weighted by Crippen LogP contribution is -2.19. The largest absolute Gasteiger partial charge is 0.409 e. The van der Waals surface area contributed by atoms with Crippen molar-refractivity contribution < 1.29 is 5.21 Å². The van der Waals surface area contributed by atoms with E-state index >= 15 is 0 Å². The number of nitrogens with two attached hydrogens (primary N) is 1. The van der Waals surface area contributed by atoms with Gasteiger partial charge in [-0.15, -0.1) is 0 Å². The molecule has 3 N–H and O–H groups in total. The van der Waals surface area contributed by atoms with Gasteiger partial charge in [0.25, 0.3) is 0 Å².